The number of aromatic nitrogens is 2. The highest BCUT2D eigenvalue weighted by molar-refractivity contribution is 8.00. The topological polar surface area (TPSA) is 127 Å². The lowest BCUT2D eigenvalue weighted by atomic mass is 10.1. The van der Waals surface area contributed by atoms with E-state index in [1.165, 1.54) is 17.4 Å². The third-order valence-corrected chi connectivity index (χ3v) is 6.75. The fourth-order valence-electron chi connectivity index (χ4n) is 3.07. The average molecular weight is 423 g/mol. The van der Waals surface area contributed by atoms with Crippen molar-refractivity contribution >= 4 is 45.8 Å². The molecule has 1 atom stereocenters. The Kier molecular flexibility index (Phi) is 6.40. The van der Waals surface area contributed by atoms with Crippen molar-refractivity contribution in [3.8, 4) is 0 Å². The van der Waals surface area contributed by atoms with E-state index in [-0.39, 0.29) is 29.0 Å². The van der Waals surface area contributed by atoms with Crippen molar-refractivity contribution < 1.29 is 14.3 Å². The summed E-state index contributed by atoms with van der Waals surface area (Å²) in [6.07, 6.45) is 3.23. The van der Waals surface area contributed by atoms with Gasteiger partial charge in [0.1, 0.15) is 10.8 Å². The number of carbonyl (C=O) groups is 2. The predicted molar refractivity (Wildman–Crippen MR) is 110 cm³/mol. The van der Waals surface area contributed by atoms with Gasteiger partial charge in [0.2, 0.25) is 5.91 Å². The third-order valence-electron chi connectivity index (χ3n) is 4.29. The smallest absolute Gasteiger partial charge is 0.341 e. The molecule has 1 aliphatic carbocycles. The fraction of sp³-hybridized carbons (Fsp3) is 0.444. The molecule has 3 rings (SSSR count). The number of nitrogen functional groups attached to an aromatic ring is 1. The van der Waals surface area contributed by atoms with Gasteiger partial charge in [0.15, 0.2) is 5.16 Å². The number of hydrogen-bond donors (Lipinski definition) is 3. The van der Waals surface area contributed by atoms with Crippen molar-refractivity contribution in [3.05, 3.63) is 32.4 Å². The van der Waals surface area contributed by atoms with Crippen LogP contribution in [0, 0.1) is 0 Å². The van der Waals surface area contributed by atoms with Gasteiger partial charge in [-0.15, -0.1) is 11.3 Å². The normalized spacial score (nSPS) is 13.8. The summed E-state index contributed by atoms with van der Waals surface area (Å²) in [5, 5.41) is 3.20. The molecule has 1 aliphatic rings. The highest BCUT2D eigenvalue weighted by atomic mass is 32.2. The first-order chi connectivity index (χ1) is 13.4. The number of thiophene rings is 1. The number of nitrogens with zero attached hydrogens (tertiary/aromatic N) is 1. The molecule has 28 heavy (non-hydrogen) atoms. The maximum atomic E-state index is 12.8. The zero-order chi connectivity index (χ0) is 20.3. The summed E-state index contributed by atoms with van der Waals surface area (Å²) in [4.78, 5) is 44.6. The highest BCUT2D eigenvalue weighted by Gasteiger charge is 2.29. The molecule has 1 unspecified atom stereocenters. The van der Waals surface area contributed by atoms with E-state index in [2.05, 4.69) is 15.3 Å². The van der Waals surface area contributed by atoms with Crippen LogP contribution in [0.25, 0.3) is 0 Å². The summed E-state index contributed by atoms with van der Waals surface area (Å²) in [5.74, 6) is -0.566. The standard InChI is InChI=1S/C18H22N4O4S2/c1-3-10(28-18-20-12(19)8-13(23)21-18)15(24)22-16-14(17(25)26-4-2)9-6-5-7-11(9)27-16/h8,10H,3-7H2,1-2H3,(H,22,24)(H3,19,20,21,23). The Bertz CT molecular complexity index is 954. The minimum absolute atomic E-state index is 0.0980. The molecule has 0 saturated carbocycles. The van der Waals surface area contributed by atoms with Crippen molar-refractivity contribution in [1.29, 1.82) is 0 Å². The van der Waals surface area contributed by atoms with Gasteiger partial charge in [-0.1, -0.05) is 18.7 Å². The molecule has 0 aliphatic heterocycles. The largest absolute Gasteiger partial charge is 0.462 e. The Hall–Kier alpha value is -2.33. The van der Waals surface area contributed by atoms with Crippen LogP contribution in [0.15, 0.2) is 16.0 Å². The molecule has 2 aromatic heterocycles. The molecule has 1 amide bonds. The summed E-state index contributed by atoms with van der Waals surface area (Å²) in [7, 11) is 0. The van der Waals surface area contributed by atoms with Crippen LogP contribution < -0.4 is 16.6 Å². The van der Waals surface area contributed by atoms with Crippen LogP contribution in [-0.4, -0.2) is 33.7 Å². The molecule has 2 aromatic rings. The number of nitrogens with two attached hydrogens (primary N) is 1. The van der Waals surface area contributed by atoms with Crippen molar-refractivity contribution in [2.75, 3.05) is 17.7 Å². The van der Waals surface area contributed by atoms with Crippen molar-refractivity contribution in [3.63, 3.8) is 0 Å². The Morgan fingerprint density at radius 3 is 2.89 bits per heavy atom. The lowest BCUT2D eigenvalue weighted by molar-refractivity contribution is -0.115. The number of thioether (sulfide) groups is 1. The van der Waals surface area contributed by atoms with E-state index in [9.17, 15) is 14.4 Å². The Morgan fingerprint density at radius 1 is 1.43 bits per heavy atom. The number of carbonyl (C=O) groups excluding carboxylic acids is 2. The van der Waals surface area contributed by atoms with Gasteiger partial charge >= 0.3 is 5.97 Å². The molecule has 8 nitrogen and oxygen atoms in total. The van der Waals surface area contributed by atoms with Gasteiger partial charge in [-0.05, 0) is 38.2 Å². The van der Waals surface area contributed by atoms with Crippen LogP contribution in [0.2, 0.25) is 0 Å². The highest BCUT2D eigenvalue weighted by Crippen LogP contribution is 2.40. The number of ether oxygens (including phenoxy) is 1. The maximum absolute atomic E-state index is 12.8. The van der Waals surface area contributed by atoms with Gasteiger partial charge in [-0.25, -0.2) is 9.78 Å². The van der Waals surface area contributed by atoms with Crippen LogP contribution in [0.3, 0.4) is 0 Å². The lowest BCUT2D eigenvalue weighted by Gasteiger charge is -2.14. The predicted octanol–water partition coefficient (Wildman–Crippen LogP) is 2.59. The number of esters is 1. The molecule has 0 fully saturated rings. The molecule has 0 spiro atoms. The zero-order valence-electron chi connectivity index (χ0n) is 15.7. The third kappa shape index (κ3) is 4.39. The number of anilines is 2. The number of rotatable bonds is 7. The Morgan fingerprint density at radius 2 is 2.21 bits per heavy atom. The Labute approximate surface area is 170 Å². The first-order valence-corrected chi connectivity index (χ1v) is 10.8. The second-order valence-electron chi connectivity index (χ2n) is 6.26. The van der Waals surface area contributed by atoms with E-state index in [0.717, 1.165) is 41.5 Å². The SMILES string of the molecule is CCOC(=O)c1c(NC(=O)C(CC)Sc2nc(N)cc(=O)[nH]2)sc2c1CCC2. The van der Waals surface area contributed by atoms with Gasteiger partial charge in [0, 0.05) is 10.9 Å². The second-order valence-corrected chi connectivity index (χ2v) is 8.56. The van der Waals surface area contributed by atoms with Gasteiger partial charge in [0.25, 0.3) is 5.56 Å². The van der Waals surface area contributed by atoms with E-state index >= 15 is 0 Å². The van der Waals surface area contributed by atoms with E-state index in [0.29, 0.717) is 17.0 Å². The van der Waals surface area contributed by atoms with Crippen LogP contribution >= 0.6 is 23.1 Å². The number of amides is 1. The molecule has 0 bridgehead atoms. The van der Waals surface area contributed by atoms with Gasteiger partial charge < -0.3 is 20.8 Å². The first kappa shape index (κ1) is 20.4. The summed E-state index contributed by atoms with van der Waals surface area (Å²) >= 11 is 2.56. The number of fused-ring (bicyclic) bond motifs is 1. The molecule has 4 N–H and O–H groups in total. The minimum atomic E-state index is -0.503. The van der Waals surface area contributed by atoms with Crippen molar-refractivity contribution in [2.45, 2.75) is 49.9 Å². The number of aryl methyl sites for hydroxylation is 1. The molecule has 0 saturated heterocycles. The van der Waals surface area contributed by atoms with Crippen LogP contribution in [0.5, 0.6) is 0 Å². The summed E-state index contributed by atoms with van der Waals surface area (Å²) in [5.41, 5.74) is 6.70. The van der Waals surface area contributed by atoms with E-state index < -0.39 is 11.2 Å². The molecule has 10 heteroatoms. The number of aromatic amines is 1. The molecule has 2 heterocycles. The maximum Gasteiger partial charge on any atom is 0.341 e. The van der Waals surface area contributed by atoms with Crippen LogP contribution in [-0.2, 0) is 22.4 Å². The second kappa shape index (κ2) is 8.78. The molecule has 0 aromatic carbocycles. The number of hydrogen-bond acceptors (Lipinski definition) is 8. The minimum Gasteiger partial charge on any atom is -0.462 e. The van der Waals surface area contributed by atoms with E-state index in [1.807, 2.05) is 6.92 Å². The molecule has 0 radical (unpaired) electrons. The first-order valence-electron chi connectivity index (χ1n) is 9.08. The zero-order valence-corrected chi connectivity index (χ0v) is 17.3. The van der Waals surface area contributed by atoms with Gasteiger partial charge in [-0.3, -0.25) is 9.59 Å². The van der Waals surface area contributed by atoms with Crippen molar-refractivity contribution in [1.82, 2.24) is 9.97 Å². The van der Waals surface area contributed by atoms with Gasteiger partial charge in [-0.2, -0.15) is 0 Å². The summed E-state index contributed by atoms with van der Waals surface area (Å²) in [6.45, 7) is 3.90. The molecular weight excluding hydrogens is 400 g/mol. The summed E-state index contributed by atoms with van der Waals surface area (Å²) < 4.78 is 5.19. The number of nitrogens with one attached hydrogen (secondary N) is 2. The lowest BCUT2D eigenvalue weighted by Crippen LogP contribution is -2.26. The molecule has 150 valence electrons. The van der Waals surface area contributed by atoms with Crippen molar-refractivity contribution in [2.24, 2.45) is 0 Å². The van der Waals surface area contributed by atoms with E-state index in [1.54, 1.807) is 6.92 Å². The fourth-order valence-corrected chi connectivity index (χ4v) is 5.27. The van der Waals surface area contributed by atoms with Crippen LogP contribution in [0.4, 0.5) is 10.8 Å². The number of H-pyrrole nitrogens is 1. The quantitative estimate of drug-likeness (QED) is 0.355. The van der Waals surface area contributed by atoms with Crippen LogP contribution in [0.1, 0.15) is 47.5 Å². The van der Waals surface area contributed by atoms with Gasteiger partial charge in [0.05, 0.1) is 17.4 Å². The van der Waals surface area contributed by atoms with E-state index in [4.69, 9.17) is 10.5 Å². The Balaban J connectivity index is 1.81. The monoisotopic (exact) mass is 422 g/mol. The summed E-state index contributed by atoms with van der Waals surface area (Å²) in [6, 6.07) is 1.18. The molecular formula is C18H22N4O4S2. The average Bonchev–Trinajstić information content (AvgIpc) is 3.19.